The predicted octanol–water partition coefficient (Wildman–Crippen LogP) is 3.92. The molecular formula is C10H14ClN3. The van der Waals surface area contributed by atoms with Gasteiger partial charge in [0.25, 0.3) is 0 Å². The molecule has 1 N–H and O–H groups in total. The molecule has 0 aromatic heterocycles. The Hall–Kier alpha value is -1.09. The lowest BCUT2D eigenvalue weighted by molar-refractivity contribution is 0.772. The first-order valence-electron chi connectivity index (χ1n) is 4.71. The average Bonchev–Trinajstić information content (AvgIpc) is 2.21. The Labute approximate surface area is 89.2 Å². The van der Waals surface area contributed by atoms with Crippen LogP contribution in [0.2, 0.25) is 5.02 Å². The van der Waals surface area contributed by atoms with Crippen molar-refractivity contribution < 1.29 is 0 Å². The zero-order chi connectivity index (χ0) is 10.2. The van der Waals surface area contributed by atoms with E-state index in [2.05, 4.69) is 22.7 Å². The molecule has 3 nitrogen and oxygen atoms in total. The van der Waals surface area contributed by atoms with Crippen LogP contribution in [-0.4, -0.2) is 6.54 Å². The number of nitrogens with one attached hydrogen (secondary N) is 1. The molecule has 0 saturated carbocycles. The fourth-order valence-electron chi connectivity index (χ4n) is 0.896. The van der Waals surface area contributed by atoms with E-state index in [4.69, 9.17) is 11.6 Å². The molecule has 0 aliphatic carbocycles. The molecule has 1 aromatic rings. The molecule has 76 valence electrons. The summed E-state index contributed by atoms with van der Waals surface area (Å²) in [5.74, 6) is 0. The Morgan fingerprint density at radius 1 is 1.29 bits per heavy atom. The Morgan fingerprint density at radius 2 is 2.00 bits per heavy atom. The van der Waals surface area contributed by atoms with Gasteiger partial charge in [0.2, 0.25) is 0 Å². The lowest BCUT2D eigenvalue weighted by Gasteiger charge is -1.97. The van der Waals surface area contributed by atoms with Gasteiger partial charge in [-0.1, -0.05) is 30.2 Å². The highest BCUT2D eigenvalue weighted by Gasteiger charge is 1.88. The Bertz CT molecular complexity index is 282. The van der Waals surface area contributed by atoms with Crippen molar-refractivity contribution in [2.24, 2.45) is 10.3 Å². The molecule has 0 aliphatic rings. The SMILES string of the molecule is CCCCN=NNc1ccc(Cl)cc1. The molecule has 0 spiro atoms. The summed E-state index contributed by atoms with van der Waals surface area (Å²) in [5, 5.41) is 8.52. The number of hydrogen-bond donors (Lipinski definition) is 1. The second-order valence-electron chi connectivity index (χ2n) is 2.94. The first kappa shape index (κ1) is 11.0. The highest BCUT2D eigenvalue weighted by molar-refractivity contribution is 6.30. The maximum Gasteiger partial charge on any atom is 0.0620 e. The minimum Gasteiger partial charge on any atom is -0.260 e. The van der Waals surface area contributed by atoms with Gasteiger partial charge in [-0.15, -0.1) is 0 Å². The van der Waals surface area contributed by atoms with Crippen molar-refractivity contribution in [1.29, 1.82) is 0 Å². The Kier molecular flexibility index (Phi) is 5.00. The van der Waals surface area contributed by atoms with Crippen LogP contribution in [0.25, 0.3) is 0 Å². The highest BCUT2D eigenvalue weighted by atomic mass is 35.5. The Balaban J connectivity index is 2.30. The van der Waals surface area contributed by atoms with Gasteiger partial charge in [0, 0.05) is 5.02 Å². The molecule has 0 unspecified atom stereocenters. The largest absolute Gasteiger partial charge is 0.260 e. The Morgan fingerprint density at radius 3 is 2.64 bits per heavy atom. The first-order chi connectivity index (χ1) is 6.83. The second kappa shape index (κ2) is 6.38. The van der Waals surface area contributed by atoms with Crippen LogP contribution in [-0.2, 0) is 0 Å². The minimum absolute atomic E-state index is 0.721. The van der Waals surface area contributed by atoms with Crippen molar-refractivity contribution in [3.8, 4) is 0 Å². The number of unbranched alkanes of at least 4 members (excludes halogenated alkanes) is 1. The quantitative estimate of drug-likeness (QED) is 0.447. The van der Waals surface area contributed by atoms with Crippen LogP contribution in [0.1, 0.15) is 19.8 Å². The van der Waals surface area contributed by atoms with E-state index in [1.807, 2.05) is 24.3 Å². The smallest absolute Gasteiger partial charge is 0.0620 e. The van der Waals surface area contributed by atoms with Crippen LogP contribution < -0.4 is 5.43 Å². The van der Waals surface area contributed by atoms with E-state index in [1.54, 1.807) is 0 Å². The summed E-state index contributed by atoms with van der Waals surface area (Å²) in [7, 11) is 0. The number of anilines is 1. The molecular weight excluding hydrogens is 198 g/mol. The van der Waals surface area contributed by atoms with E-state index in [0.717, 1.165) is 30.1 Å². The number of nitrogens with zero attached hydrogens (tertiary/aromatic N) is 2. The molecule has 1 rings (SSSR count). The fourth-order valence-corrected chi connectivity index (χ4v) is 1.02. The van der Waals surface area contributed by atoms with Gasteiger partial charge in [0.05, 0.1) is 12.2 Å². The highest BCUT2D eigenvalue weighted by Crippen LogP contribution is 2.13. The standard InChI is InChI=1S/C10H14ClN3/c1-2-3-8-12-14-13-10-6-4-9(11)5-7-10/h4-7H,2-3,8H2,1H3,(H,12,13). The third-order valence-electron chi connectivity index (χ3n) is 1.71. The lowest BCUT2D eigenvalue weighted by atomic mass is 10.3. The summed E-state index contributed by atoms with van der Waals surface area (Å²) < 4.78 is 0. The zero-order valence-corrected chi connectivity index (χ0v) is 8.96. The summed E-state index contributed by atoms with van der Waals surface area (Å²) in [6.07, 6.45) is 2.21. The topological polar surface area (TPSA) is 36.8 Å². The normalized spacial score (nSPS) is 10.7. The summed E-state index contributed by atoms with van der Waals surface area (Å²) >= 11 is 5.73. The molecule has 0 radical (unpaired) electrons. The van der Waals surface area contributed by atoms with Crippen molar-refractivity contribution in [2.75, 3.05) is 12.0 Å². The molecule has 0 heterocycles. The van der Waals surface area contributed by atoms with Crippen LogP contribution in [0, 0.1) is 0 Å². The molecule has 0 saturated heterocycles. The van der Waals surface area contributed by atoms with Gasteiger partial charge in [-0.2, -0.15) is 5.11 Å². The maximum atomic E-state index is 5.73. The number of hydrogen-bond acceptors (Lipinski definition) is 2. The van der Waals surface area contributed by atoms with Gasteiger partial charge in [-0.3, -0.25) is 5.43 Å². The predicted molar refractivity (Wildman–Crippen MR) is 59.7 cm³/mol. The van der Waals surface area contributed by atoms with Crippen LogP contribution in [0.5, 0.6) is 0 Å². The van der Waals surface area contributed by atoms with Gasteiger partial charge in [-0.05, 0) is 30.7 Å². The van der Waals surface area contributed by atoms with Gasteiger partial charge < -0.3 is 0 Å². The maximum absolute atomic E-state index is 5.73. The second-order valence-corrected chi connectivity index (χ2v) is 3.37. The van der Waals surface area contributed by atoms with E-state index in [1.165, 1.54) is 0 Å². The summed E-state index contributed by atoms with van der Waals surface area (Å²) in [6.45, 7) is 2.90. The van der Waals surface area contributed by atoms with E-state index < -0.39 is 0 Å². The van der Waals surface area contributed by atoms with Gasteiger partial charge in [0.15, 0.2) is 0 Å². The average molecular weight is 212 g/mol. The molecule has 0 fully saturated rings. The third-order valence-corrected chi connectivity index (χ3v) is 1.96. The summed E-state index contributed by atoms with van der Waals surface area (Å²) in [6, 6.07) is 7.35. The van der Waals surface area contributed by atoms with Crippen molar-refractivity contribution in [1.82, 2.24) is 0 Å². The van der Waals surface area contributed by atoms with Crippen LogP contribution in [0.3, 0.4) is 0 Å². The summed E-state index contributed by atoms with van der Waals surface area (Å²) in [4.78, 5) is 0. The zero-order valence-electron chi connectivity index (χ0n) is 8.20. The van der Waals surface area contributed by atoms with Crippen molar-refractivity contribution in [3.63, 3.8) is 0 Å². The van der Waals surface area contributed by atoms with Gasteiger partial charge in [-0.25, -0.2) is 0 Å². The van der Waals surface area contributed by atoms with Crippen molar-refractivity contribution in [2.45, 2.75) is 19.8 Å². The van der Waals surface area contributed by atoms with Crippen LogP contribution in [0.15, 0.2) is 34.6 Å². The van der Waals surface area contributed by atoms with E-state index in [9.17, 15) is 0 Å². The van der Waals surface area contributed by atoms with Crippen molar-refractivity contribution >= 4 is 17.3 Å². The molecule has 0 atom stereocenters. The molecule has 4 heteroatoms. The minimum atomic E-state index is 0.721. The van der Waals surface area contributed by atoms with E-state index in [0.29, 0.717) is 0 Å². The van der Waals surface area contributed by atoms with Gasteiger partial charge >= 0.3 is 0 Å². The number of rotatable bonds is 5. The molecule has 1 aromatic carbocycles. The van der Waals surface area contributed by atoms with Gasteiger partial charge in [0.1, 0.15) is 0 Å². The number of halogens is 1. The summed E-state index contributed by atoms with van der Waals surface area (Å²) in [5.41, 5.74) is 3.73. The van der Waals surface area contributed by atoms with Crippen LogP contribution >= 0.6 is 11.6 Å². The molecule has 0 bridgehead atoms. The molecule has 0 aliphatic heterocycles. The lowest BCUT2D eigenvalue weighted by Crippen LogP contribution is -1.87. The molecule has 14 heavy (non-hydrogen) atoms. The monoisotopic (exact) mass is 211 g/mol. The van der Waals surface area contributed by atoms with Crippen molar-refractivity contribution in [3.05, 3.63) is 29.3 Å². The van der Waals surface area contributed by atoms with E-state index in [-0.39, 0.29) is 0 Å². The number of benzene rings is 1. The fraction of sp³-hybridized carbons (Fsp3) is 0.400. The third kappa shape index (κ3) is 4.23. The van der Waals surface area contributed by atoms with E-state index >= 15 is 0 Å². The molecule has 0 amide bonds. The van der Waals surface area contributed by atoms with Crippen LogP contribution in [0.4, 0.5) is 5.69 Å². The first-order valence-corrected chi connectivity index (χ1v) is 5.09.